The zero-order valence-corrected chi connectivity index (χ0v) is 21.1. The lowest BCUT2D eigenvalue weighted by Gasteiger charge is -2.16. The van der Waals surface area contributed by atoms with Crippen molar-refractivity contribution in [1.82, 2.24) is 9.88 Å². The number of amides is 2. The van der Waals surface area contributed by atoms with Gasteiger partial charge in [-0.2, -0.15) is 0 Å². The second kappa shape index (κ2) is 12.7. The summed E-state index contributed by atoms with van der Waals surface area (Å²) in [5.41, 5.74) is 2.29. The Hall–Kier alpha value is -3.63. The lowest BCUT2D eigenvalue weighted by atomic mass is 10.2. The number of benzene rings is 2. The number of nitrogens with one attached hydrogen (secondary N) is 2. The first kappa shape index (κ1) is 26.0. The van der Waals surface area contributed by atoms with Crippen LogP contribution in [0.1, 0.15) is 13.8 Å². The molecule has 0 aliphatic heterocycles. The van der Waals surface area contributed by atoms with Crippen LogP contribution >= 0.6 is 11.3 Å². The highest BCUT2D eigenvalue weighted by Crippen LogP contribution is 2.30. The van der Waals surface area contributed by atoms with Crippen LogP contribution in [0.2, 0.25) is 0 Å². The van der Waals surface area contributed by atoms with Crippen LogP contribution in [0.25, 0.3) is 11.3 Å². The van der Waals surface area contributed by atoms with Gasteiger partial charge in [-0.15, -0.1) is 11.3 Å². The number of hydrogen-bond donors (Lipinski definition) is 2. The van der Waals surface area contributed by atoms with Gasteiger partial charge in [0.1, 0.15) is 5.75 Å². The minimum absolute atomic E-state index is 0.0400. The molecule has 2 amide bonds. The highest BCUT2D eigenvalue weighted by atomic mass is 32.1. The van der Waals surface area contributed by atoms with Crippen LogP contribution in [0.4, 0.5) is 10.8 Å². The zero-order chi connectivity index (χ0) is 25.2. The van der Waals surface area contributed by atoms with E-state index in [9.17, 15) is 9.59 Å². The Bertz CT molecular complexity index is 1130. The van der Waals surface area contributed by atoms with Gasteiger partial charge < -0.3 is 24.8 Å². The lowest BCUT2D eigenvalue weighted by molar-refractivity contribution is -0.119. The van der Waals surface area contributed by atoms with Crippen molar-refractivity contribution in [3.8, 4) is 28.5 Å². The van der Waals surface area contributed by atoms with Crippen LogP contribution in [0, 0.1) is 0 Å². The summed E-state index contributed by atoms with van der Waals surface area (Å²) in [5, 5.41) is 7.99. The van der Waals surface area contributed by atoms with E-state index in [0.29, 0.717) is 35.5 Å². The van der Waals surface area contributed by atoms with Gasteiger partial charge in [0.2, 0.25) is 11.8 Å². The van der Waals surface area contributed by atoms with Crippen molar-refractivity contribution < 1.29 is 23.8 Å². The Morgan fingerprint density at radius 3 is 2.26 bits per heavy atom. The second-order valence-corrected chi connectivity index (χ2v) is 8.42. The van der Waals surface area contributed by atoms with Crippen LogP contribution in [-0.2, 0) is 9.59 Å². The molecule has 0 aliphatic rings. The van der Waals surface area contributed by atoms with Crippen molar-refractivity contribution in [2.24, 2.45) is 0 Å². The van der Waals surface area contributed by atoms with Gasteiger partial charge in [0.15, 0.2) is 16.6 Å². The summed E-state index contributed by atoms with van der Waals surface area (Å²) in [6.07, 6.45) is 0. The fourth-order valence-corrected chi connectivity index (χ4v) is 4.00. The molecular formula is C25H30N4O5S. The monoisotopic (exact) mass is 498 g/mol. The molecule has 0 aliphatic carbocycles. The summed E-state index contributed by atoms with van der Waals surface area (Å²) >= 11 is 1.34. The van der Waals surface area contributed by atoms with Gasteiger partial charge in [0.25, 0.3) is 0 Å². The standard InChI is InChI=1S/C25H30N4O5S/c1-5-33-21-12-9-18(13-22(21)34-6-2)26-23(30)14-29(3)15-24(31)28-25-27-20(16-35-25)17-7-10-19(32-4)11-8-17/h7-13,16H,5-6,14-15H2,1-4H3,(H,26,30)(H,27,28,31). The topological polar surface area (TPSA) is 102 Å². The van der Waals surface area contributed by atoms with Gasteiger partial charge in [0.05, 0.1) is 39.1 Å². The van der Waals surface area contributed by atoms with E-state index in [1.165, 1.54) is 11.3 Å². The maximum Gasteiger partial charge on any atom is 0.240 e. The SMILES string of the molecule is CCOc1ccc(NC(=O)CN(C)CC(=O)Nc2nc(-c3ccc(OC)cc3)cs2)cc1OCC. The van der Waals surface area contributed by atoms with E-state index in [4.69, 9.17) is 14.2 Å². The van der Waals surface area contributed by atoms with Crippen molar-refractivity contribution in [3.63, 3.8) is 0 Å². The average Bonchev–Trinajstić information content (AvgIpc) is 3.29. The fraction of sp³-hybridized carbons (Fsp3) is 0.320. The number of thiazole rings is 1. The van der Waals surface area contributed by atoms with Crippen LogP contribution < -0.4 is 24.8 Å². The number of anilines is 2. The fourth-order valence-electron chi connectivity index (χ4n) is 3.26. The van der Waals surface area contributed by atoms with E-state index in [1.807, 2.05) is 43.5 Å². The molecule has 3 rings (SSSR count). The molecule has 1 aromatic heterocycles. The van der Waals surface area contributed by atoms with Gasteiger partial charge in [0, 0.05) is 22.7 Å². The Morgan fingerprint density at radius 1 is 0.943 bits per heavy atom. The van der Waals surface area contributed by atoms with Crippen LogP contribution in [-0.4, -0.2) is 62.2 Å². The third-order valence-electron chi connectivity index (χ3n) is 4.79. The maximum absolute atomic E-state index is 12.5. The second-order valence-electron chi connectivity index (χ2n) is 7.56. The Morgan fingerprint density at radius 2 is 1.60 bits per heavy atom. The van der Waals surface area contributed by atoms with Crippen molar-refractivity contribution in [3.05, 3.63) is 47.8 Å². The zero-order valence-electron chi connectivity index (χ0n) is 20.3. The van der Waals surface area contributed by atoms with Crippen molar-refractivity contribution in [2.75, 3.05) is 51.1 Å². The number of carbonyl (C=O) groups is 2. The van der Waals surface area contributed by atoms with Gasteiger partial charge in [-0.3, -0.25) is 14.5 Å². The number of ether oxygens (including phenoxy) is 3. The summed E-state index contributed by atoms with van der Waals surface area (Å²) < 4.78 is 16.3. The molecule has 2 aromatic carbocycles. The van der Waals surface area contributed by atoms with E-state index < -0.39 is 0 Å². The molecule has 0 saturated heterocycles. The number of rotatable bonds is 12. The van der Waals surface area contributed by atoms with Crippen molar-refractivity contribution in [1.29, 1.82) is 0 Å². The highest BCUT2D eigenvalue weighted by Gasteiger charge is 2.14. The van der Waals surface area contributed by atoms with E-state index in [-0.39, 0.29) is 24.9 Å². The molecule has 186 valence electrons. The van der Waals surface area contributed by atoms with Gasteiger partial charge >= 0.3 is 0 Å². The summed E-state index contributed by atoms with van der Waals surface area (Å²) in [4.78, 5) is 31.0. The maximum atomic E-state index is 12.5. The van der Waals surface area contributed by atoms with Crippen LogP contribution in [0.5, 0.6) is 17.2 Å². The lowest BCUT2D eigenvalue weighted by Crippen LogP contribution is -2.36. The Labute approximate surface area is 209 Å². The molecule has 0 radical (unpaired) electrons. The van der Waals surface area contributed by atoms with Crippen LogP contribution in [0.3, 0.4) is 0 Å². The van der Waals surface area contributed by atoms with Gasteiger partial charge in [-0.25, -0.2) is 4.98 Å². The summed E-state index contributed by atoms with van der Waals surface area (Å²) in [7, 11) is 3.32. The Kier molecular flexibility index (Phi) is 9.45. The van der Waals surface area contributed by atoms with Gasteiger partial charge in [-0.05, 0) is 57.3 Å². The molecule has 3 aromatic rings. The molecule has 0 spiro atoms. The number of likely N-dealkylation sites (N-methyl/N-ethyl adjacent to an activating group) is 1. The van der Waals surface area contributed by atoms with Crippen molar-refractivity contribution >= 4 is 34.0 Å². The quantitative estimate of drug-likeness (QED) is 0.387. The molecule has 0 fully saturated rings. The highest BCUT2D eigenvalue weighted by molar-refractivity contribution is 7.14. The Balaban J connectivity index is 1.50. The van der Waals surface area contributed by atoms with Gasteiger partial charge in [-0.1, -0.05) is 0 Å². The molecule has 0 atom stereocenters. The predicted octanol–water partition coefficient (Wildman–Crippen LogP) is 4.13. The molecule has 0 unspecified atom stereocenters. The van der Waals surface area contributed by atoms with E-state index >= 15 is 0 Å². The number of carbonyl (C=O) groups excluding carboxylic acids is 2. The summed E-state index contributed by atoms with van der Waals surface area (Å²) in [5.74, 6) is 1.45. The normalized spacial score (nSPS) is 10.7. The van der Waals surface area contributed by atoms with E-state index in [1.54, 1.807) is 37.3 Å². The smallest absolute Gasteiger partial charge is 0.240 e. The van der Waals surface area contributed by atoms with E-state index in [2.05, 4.69) is 15.6 Å². The first-order valence-electron chi connectivity index (χ1n) is 11.2. The molecule has 35 heavy (non-hydrogen) atoms. The summed E-state index contributed by atoms with van der Waals surface area (Å²) in [6.45, 7) is 4.86. The first-order chi connectivity index (χ1) is 16.9. The molecule has 0 saturated carbocycles. The third-order valence-corrected chi connectivity index (χ3v) is 5.55. The minimum Gasteiger partial charge on any atom is -0.497 e. The number of aromatic nitrogens is 1. The summed E-state index contributed by atoms with van der Waals surface area (Å²) in [6, 6.07) is 12.8. The average molecular weight is 499 g/mol. The van der Waals surface area contributed by atoms with E-state index in [0.717, 1.165) is 17.0 Å². The van der Waals surface area contributed by atoms with Crippen molar-refractivity contribution in [2.45, 2.75) is 13.8 Å². The molecule has 0 bridgehead atoms. The molecule has 9 nitrogen and oxygen atoms in total. The first-order valence-corrected chi connectivity index (χ1v) is 12.1. The molecule has 2 N–H and O–H groups in total. The number of hydrogen-bond acceptors (Lipinski definition) is 8. The third kappa shape index (κ3) is 7.69. The van der Waals surface area contributed by atoms with Crippen LogP contribution in [0.15, 0.2) is 47.8 Å². The predicted molar refractivity (Wildman–Crippen MR) is 138 cm³/mol. The molecular weight excluding hydrogens is 468 g/mol. The number of methoxy groups -OCH3 is 1. The minimum atomic E-state index is -0.254. The largest absolute Gasteiger partial charge is 0.497 e. The number of nitrogens with zero attached hydrogens (tertiary/aromatic N) is 2. The molecule has 1 heterocycles. The molecule has 10 heteroatoms.